The molecule has 134 valence electrons. The minimum absolute atomic E-state index is 0.0151. The molecule has 0 radical (unpaired) electrons. The Hall–Kier alpha value is -1.18. The van der Waals surface area contributed by atoms with Gasteiger partial charge in [0.2, 0.25) is 5.91 Å². The molecule has 1 fully saturated rings. The Labute approximate surface area is 138 Å². The van der Waals surface area contributed by atoms with Gasteiger partial charge in [0.25, 0.3) is 0 Å². The first-order valence-electron chi connectivity index (χ1n) is 8.16. The van der Waals surface area contributed by atoms with E-state index in [1.54, 1.807) is 11.8 Å². The Morgan fingerprint density at radius 3 is 1.87 bits per heavy atom. The number of carbonyl (C=O) groups is 2. The summed E-state index contributed by atoms with van der Waals surface area (Å²) in [5.74, 6) is -0.817. The molecule has 1 aliphatic rings. The summed E-state index contributed by atoms with van der Waals surface area (Å²) in [4.78, 5) is 25.8. The van der Waals surface area contributed by atoms with Gasteiger partial charge in [0.1, 0.15) is 0 Å². The molecule has 0 unspecified atom stereocenters. The van der Waals surface area contributed by atoms with Crippen molar-refractivity contribution in [3.63, 3.8) is 0 Å². The Morgan fingerprint density at radius 2 is 1.39 bits per heavy atom. The third-order valence-corrected chi connectivity index (χ3v) is 3.80. The quantitative estimate of drug-likeness (QED) is 0.707. The molecule has 2 atom stereocenters. The molecule has 1 saturated heterocycles. The predicted molar refractivity (Wildman–Crippen MR) is 84.0 cm³/mol. The fourth-order valence-corrected chi connectivity index (χ4v) is 2.46. The molecule has 7 heteroatoms. The second kappa shape index (κ2) is 11.4. The van der Waals surface area contributed by atoms with Gasteiger partial charge in [-0.25, -0.2) is 0 Å². The molecule has 0 aliphatic carbocycles. The van der Waals surface area contributed by atoms with Crippen LogP contribution in [0.4, 0.5) is 0 Å². The number of amides is 1. The minimum Gasteiger partial charge on any atom is -0.469 e. The maximum absolute atomic E-state index is 12.6. The fraction of sp³-hybridized carbons (Fsp3) is 0.875. The van der Waals surface area contributed by atoms with Gasteiger partial charge in [-0.15, -0.1) is 0 Å². The van der Waals surface area contributed by atoms with Crippen LogP contribution in [-0.4, -0.2) is 76.6 Å². The van der Waals surface area contributed by atoms with Gasteiger partial charge in [0, 0.05) is 19.0 Å². The predicted octanol–water partition coefficient (Wildman–Crippen LogP) is 0.714. The molecule has 1 amide bonds. The highest BCUT2D eigenvalue weighted by Crippen LogP contribution is 2.16. The second-order valence-corrected chi connectivity index (χ2v) is 5.72. The first-order valence-corrected chi connectivity index (χ1v) is 8.16. The van der Waals surface area contributed by atoms with Crippen molar-refractivity contribution in [1.29, 1.82) is 0 Å². The summed E-state index contributed by atoms with van der Waals surface area (Å²) in [6, 6.07) is 0. The molecule has 0 bridgehead atoms. The van der Waals surface area contributed by atoms with Gasteiger partial charge in [-0.1, -0.05) is 13.8 Å². The van der Waals surface area contributed by atoms with Gasteiger partial charge < -0.3 is 23.8 Å². The SMILES string of the molecule is COC(=O)[C@H](C)C[C@@H](C)C(=O)N1CCOCCOCCOCC1. The minimum atomic E-state index is -0.295. The van der Waals surface area contributed by atoms with Crippen LogP contribution in [0.3, 0.4) is 0 Å². The van der Waals surface area contributed by atoms with Crippen molar-refractivity contribution >= 4 is 11.9 Å². The Bertz CT molecular complexity index is 350. The standard InChI is InChI=1S/C16H29NO6/c1-13(12-14(2)16(19)20-3)15(18)17-4-6-21-8-10-23-11-9-22-7-5-17/h13-14H,4-12H2,1-3H3/t13-,14-/m1/s1. The number of hydrogen-bond acceptors (Lipinski definition) is 6. The van der Waals surface area contributed by atoms with Crippen LogP contribution < -0.4 is 0 Å². The second-order valence-electron chi connectivity index (χ2n) is 5.72. The first kappa shape index (κ1) is 19.9. The lowest BCUT2D eigenvalue weighted by molar-refractivity contribution is -0.146. The van der Waals surface area contributed by atoms with Crippen molar-refractivity contribution in [3.05, 3.63) is 0 Å². The molecule has 0 aromatic carbocycles. The van der Waals surface area contributed by atoms with E-state index >= 15 is 0 Å². The summed E-state index contributed by atoms with van der Waals surface area (Å²) >= 11 is 0. The van der Waals surface area contributed by atoms with Crippen molar-refractivity contribution in [3.8, 4) is 0 Å². The van der Waals surface area contributed by atoms with E-state index in [-0.39, 0.29) is 23.7 Å². The Balaban J connectivity index is 2.52. The molecule has 23 heavy (non-hydrogen) atoms. The van der Waals surface area contributed by atoms with Gasteiger partial charge in [-0.3, -0.25) is 9.59 Å². The number of carbonyl (C=O) groups excluding carboxylic acids is 2. The molecule has 0 N–H and O–H groups in total. The summed E-state index contributed by atoms with van der Waals surface area (Å²) in [5.41, 5.74) is 0. The summed E-state index contributed by atoms with van der Waals surface area (Å²) in [7, 11) is 1.36. The lowest BCUT2D eigenvalue weighted by Gasteiger charge is -2.27. The molecule has 0 aromatic rings. The summed E-state index contributed by atoms with van der Waals surface area (Å²) in [6.45, 7) is 7.66. The zero-order valence-electron chi connectivity index (χ0n) is 14.4. The molecule has 0 saturated carbocycles. The molecule has 0 spiro atoms. The van der Waals surface area contributed by atoms with E-state index in [2.05, 4.69) is 0 Å². The van der Waals surface area contributed by atoms with Gasteiger partial charge >= 0.3 is 5.97 Å². The van der Waals surface area contributed by atoms with E-state index in [1.807, 2.05) is 6.92 Å². The van der Waals surface area contributed by atoms with Gasteiger partial charge in [0.05, 0.1) is 52.7 Å². The maximum atomic E-state index is 12.6. The molecular weight excluding hydrogens is 302 g/mol. The van der Waals surface area contributed by atoms with Crippen LogP contribution in [0.2, 0.25) is 0 Å². The van der Waals surface area contributed by atoms with Crippen molar-refractivity contribution in [2.24, 2.45) is 11.8 Å². The van der Waals surface area contributed by atoms with Crippen molar-refractivity contribution in [2.75, 3.05) is 59.8 Å². The molecule has 1 rings (SSSR count). The average Bonchev–Trinajstić information content (AvgIpc) is 2.53. The van der Waals surface area contributed by atoms with E-state index in [4.69, 9.17) is 18.9 Å². The lowest BCUT2D eigenvalue weighted by Crippen LogP contribution is -2.41. The molecule has 1 aliphatic heterocycles. The van der Waals surface area contributed by atoms with Crippen LogP contribution in [0.25, 0.3) is 0 Å². The third-order valence-electron chi connectivity index (χ3n) is 3.80. The zero-order chi connectivity index (χ0) is 17.1. The maximum Gasteiger partial charge on any atom is 0.308 e. The Kier molecular flexibility index (Phi) is 9.82. The number of nitrogens with zero attached hydrogens (tertiary/aromatic N) is 1. The number of hydrogen-bond donors (Lipinski definition) is 0. The van der Waals surface area contributed by atoms with Gasteiger partial charge in [-0.05, 0) is 6.42 Å². The fourth-order valence-electron chi connectivity index (χ4n) is 2.46. The van der Waals surface area contributed by atoms with Crippen LogP contribution in [0.15, 0.2) is 0 Å². The topological polar surface area (TPSA) is 74.3 Å². The van der Waals surface area contributed by atoms with Crippen LogP contribution >= 0.6 is 0 Å². The van der Waals surface area contributed by atoms with E-state index in [9.17, 15) is 9.59 Å². The van der Waals surface area contributed by atoms with E-state index < -0.39 is 0 Å². The normalized spacial score (nSPS) is 20.7. The summed E-state index contributed by atoms with van der Waals surface area (Å²) in [6.07, 6.45) is 0.470. The van der Waals surface area contributed by atoms with Crippen LogP contribution in [0, 0.1) is 11.8 Å². The van der Waals surface area contributed by atoms with Crippen LogP contribution in [-0.2, 0) is 28.5 Å². The van der Waals surface area contributed by atoms with Crippen molar-refractivity contribution in [2.45, 2.75) is 20.3 Å². The number of esters is 1. The summed E-state index contributed by atoms with van der Waals surface area (Å²) < 4.78 is 21.0. The van der Waals surface area contributed by atoms with E-state index in [0.717, 1.165) is 0 Å². The summed E-state index contributed by atoms with van der Waals surface area (Å²) in [5, 5.41) is 0. The van der Waals surface area contributed by atoms with Gasteiger partial charge in [0.15, 0.2) is 0 Å². The van der Waals surface area contributed by atoms with Crippen molar-refractivity contribution < 1.29 is 28.5 Å². The smallest absolute Gasteiger partial charge is 0.308 e. The Morgan fingerprint density at radius 1 is 0.913 bits per heavy atom. The van der Waals surface area contributed by atoms with Crippen molar-refractivity contribution in [1.82, 2.24) is 4.90 Å². The average molecular weight is 331 g/mol. The third kappa shape index (κ3) is 7.76. The first-order chi connectivity index (χ1) is 11.1. The lowest BCUT2D eigenvalue weighted by atomic mass is 9.96. The number of methoxy groups -OCH3 is 1. The molecule has 7 nitrogen and oxygen atoms in total. The zero-order valence-corrected chi connectivity index (χ0v) is 14.4. The van der Waals surface area contributed by atoms with Crippen LogP contribution in [0.1, 0.15) is 20.3 Å². The monoisotopic (exact) mass is 331 g/mol. The highest BCUT2D eigenvalue weighted by molar-refractivity contribution is 5.79. The molecule has 0 aromatic heterocycles. The van der Waals surface area contributed by atoms with E-state index in [1.165, 1.54) is 7.11 Å². The van der Waals surface area contributed by atoms with Crippen LogP contribution in [0.5, 0.6) is 0 Å². The molecular formula is C16H29NO6. The largest absolute Gasteiger partial charge is 0.469 e. The van der Waals surface area contributed by atoms with Gasteiger partial charge in [-0.2, -0.15) is 0 Å². The number of rotatable bonds is 4. The molecule has 1 heterocycles. The highest BCUT2D eigenvalue weighted by Gasteiger charge is 2.25. The highest BCUT2D eigenvalue weighted by atomic mass is 16.5. The van der Waals surface area contributed by atoms with E-state index in [0.29, 0.717) is 59.2 Å². The number of ether oxygens (including phenoxy) is 4.